The van der Waals surface area contributed by atoms with Gasteiger partial charge in [-0.1, -0.05) is 13.8 Å². The Morgan fingerprint density at radius 2 is 2.11 bits per heavy atom. The standard InChI is InChI=1S/C15H26N4/c1-4-19(11-13-5-6-13)15-8-7-14(17-18-15)10-16-9-12(2)3/h7-8,12-13,16H,4-6,9-11H2,1-3H3. The van der Waals surface area contributed by atoms with E-state index in [1.54, 1.807) is 0 Å². The molecule has 1 fully saturated rings. The van der Waals surface area contributed by atoms with Gasteiger partial charge in [-0.25, -0.2) is 0 Å². The molecule has 1 aromatic rings. The summed E-state index contributed by atoms with van der Waals surface area (Å²) in [4.78, 5) is 2.33. The Hall–Kier alpha value is -1.16. The van der Waals surface area contributed by atoms with E-state index in [4.69, 9.17) is 0 Å². The molecule has 1 N–H and O–H groups in total. The predicted molar refractivity (Wildman–Crippen MR) is 79.2 cm³/mol. The van der Waals surface area contributed by atoms with Gasteiger partial charge in [0.2, 0.25) is 0 Å². The van der Waals surface area contributed by atoms with Gasteiger partial charge in [-0.05, 0) is 50.3 Å². The van der Waals surface area contributed by atoms with Crippen LogP contribution in [0.1, 0.15) is 39.3 Å². The molecule has 0 radical (unpaired) electrons. The lowest BCUT2D eigenvalue weighted by molar-refractivity contribution is 0.546. The Kier molecular flexibility index (Phi) is 5.14. The van der Waals surface area contributed by atoms with Crippen LogP contribution < -0.4 is 10.2 Å². The number of hydrogen-bond donors (Lipinski definition) is 1. The molecule has 0 amide bonds. The Morgan fingerprint density at radius 3 is 2.63 bits per heavy atom. The first-order chi connectivity index (χ1) is 9.19. The number of nitrogens with zero attached hydrogens (tertiary/aromatic N) is 3. The summed E-state index contributed by atoms with van der Waals surface area (Å²) < 4.78 is 0. The highest BCUT2D eigenvalue weighted by atomic mass is 15.3. The van der Waals surface area contributed by atoms with Gasteiger partial charge in [0.15, 0.2) is 5.82 Å². The molecule has 4 nitrogen and oxygen atoms in total. The van der Waals surface area contributed by atoms with E-state index in [0.717, 1.165) is 43.6 Å². The van der Waals surface area contributed by atoms with E-state index in [0.29, 0.717) is 5.92 Å². The van der Waals surface area contributed by atoms with Crippen LogP contribution in [0, 0.1) is 11.8 Å². The second-order valence-electron chi connectivity index (χ2n) is 5.89. The van der Waals surface area contributed by atoms with Crippen LogP contribution in [0.3, 0.4) is 0 Å². The van der Waals surface area contributed by atoms with Crippen molar-refractivity contribution in [1.29, 1.82) is 0 Å². The van der Waals surface area contributed by atoms with Crippen molar-refractivity contribution in [3.8, 4) is 0 Å². The van der Waals surface area contributed by atoms with E-state index < -0.39 is 0 Å². The lowest BCUT2D eigenvalue weighted by Crippen LogP contribution is -2.26. The average Bonchev–Trinajstić information content (AvgIpc) is 3.20. The summed E-state index contributed by atoms with van der Waals surface area (Å²) in [5, 5.41) is 12.1. The van der Waals surface area contributed by atoms with Gasteiger partial charge >= 0.3 is 0 Å². The molecule has 0 aromatic carbocycles. The van der Waals surface area contributed by atoms with Crippen molar-refractivity contribution in [3.63, 3.8) is 0 Å². The Balaban J connectivity index is 1.85. The number of anilines is 1. The molecule has 0 bridgehead atoms. The smallest absolute Gasteiger partial charge is 0.151 e. The molecule has 0 unspecified atom stereocenters. The molecule has 19 heavy (non-hydrogen) atoms. The first kappa shape index (κ1) is 14.3. The maximum Gasteiger partial charge on any atom is 0.151 e. The molecule has 0 aliphatic heterocycles. The van der Waals surface area contributed by atoms with Gasteiger partial charge in [0.25, 0.3) is 0 Å². The van der Waals surface area contributed by atoms with Crippen LogP contribution in [0.4, 0.5) is 5.82 Å². The second-order valence-corrected chi connectivity index (χ2v) is 5.89. The van der Waals surface area contributed by atoms with Crippen LogP contribution in [-0.4, -0.2) is 29.8 Å². The van der Waals surface area contributed by atoms with Gasteiger partial charge in [0, 0.05) is 19.6 Å². The fourth-order valence-corrected chi connectivity index (χ4v) is 2.10. The Labute approximate surface area is 116 Å². The third kappa shape index (κ3) is 4.78. The summed E-state index contributed by atoms with van der Waals surface area (Å²) >= 11 is 0. The molecule has 0 spiro atoms. The third-order valence-electron chi connectivity index (χ3n) is 3.45. The van der Waals surface area contributed by atoms with Crippen LogP contribution in [0.15, 0.2) is 12.1 Å². The van der Waals surface area contributed by atoms with Crippen LogP contribution in [0.2, 0.25) is 0 Å². The molecule has 1 aliphatic rings. The van der Waals surface area contributed by atoms with Crippen molar-refractivity contribution in [3.05, 3.63) is 17.8 Å². The monoisotopic (exact) mass is 262 g/mol. The summed E-state index contributed by atoms with van der Waals surface area (Å²) in [6, 6.07) is 4.19. The number of rotatable bonds is 8. The van der Waals surface area contributed by atoms with Crippen LogP contribution in [-0.2, 0) is 6.54 Å². The summed E-state index contributed by atoms with van der Waals surface area (Å²) in [5.41, 5.74) is 1.02. The zero-order chi connectivity index (χ0) is 13.7. The van der Waals surface area contributed by atoms with E-state index in [1.165, 1.54) is 12.8 Å². The predicted octanol–water partition coefficient (Wildman–Crippen LogP) is 2.46. The minimum Gasteiger partial charge on any atom is -0.355 e. The van der Waals surface area contributed by atoms with Gasteiger partial charge in [-0.2, -0.15) is 5.10 Å². The minimum atomic E-state index is 0.668. The molecule has 2 rings (SSSR count). The number of hydrogen-bond acceptors (Lipinski definition) is 4. The van der Waals surface area contributed by atoms with Crippen molar-refractivity contribution in [2.45, 2.75) is 40.2 Å². The largest absolute Gasteiger partial charge is 0.355 e. The van der Waals surface area contributed by atoms with E-state index in [1.807, 2.05) is 0 Å². The molecular weight excluding hydrogens is 236 g/mol. The summed E-state index contributed by atoms with van der Waals surface area (Å²) in [6.07, 6.45) is 2.75. The van der Waals surface area contributed by atoms with Crippen molar-refractivity contribution >= 4 is 5.82 Å². The average molecular weight is 262 g/mol. The van der Waals surface area contributed by atoms with Gasteiger partial charge in [-0.15, -0.1) is 5.10 Å². The Bertz CT molecular complexity index is 370. The number of aromatic nitrogens is 2. The molecular formula is C15H26N4. The highest BCUT2D eigenvalue weighted by Gasteiger charge is 2.24. The van der Waals surface area contributed by atoms with Gasteiger partial charge < -0.3 is 10.2 Å². The molecule has 1 heterocycles. The third-order valence-corrected chi connectivity index (χ3v) is 3.45. The van der Waals surface area contributed by atoms with E-state index in [-0.39, 0.29) is 0 Å². The van der Waals surface area contributed by atoms with Gasteiger partial charge in [0.05, 0.1) is 5.69 Å². The fraction of sp³-hybridized carbons (Fsp3) is 0.733. The van der Waals surface area contributed by atoms with Crippen molar-refractivity contribution < 1.29 is 0 Å². The van der Waals surface area contributed by atoms with Crippen LogP contribution in [0.5, 0.6) is 0 Å². The molecule has 1 aliphatic carbocycles. The normalized spacial score (nSPS) is 14.9. The first-order valence-corrected chi connectivity index (χ1v) is 7.47. The van der Waals surface area contributed by atoms with Gasteiger partial charge in [0.1, 0.15) is 0 Å². The molecule has 4 heteroatoms. The molecule has 1 saturated carbocycles. The summed E-state index contributed by atoms with van der Waals surface area (Å²) in [6.45, 7) is 10.6. The van der Waals surface area contributed by atoms with E-state index in [2.05, 4.69) is 53.3 Å². The highest BCUT2D eigenvalue weighted by Crippen LogP contribution is 2.30. The van der Waals surface area contributed by atoms with Crippen LogP contribution >= 0.6 is 0 Å². The Morgan fingerprint density at radius 1 is 1.32 bits per heavy atom. The molecule has 0 atom stereocenters. The molecule has 106 valence electrons. The molecule has 1 aromatic heterocycles. The number of nitrogens with one attached hydrogen (secondary N) is 1. The highest BCUT2D eigenvalue weighted by molar-refractivity contribution is 5.37. The molecule has 0 saturated heterocycles. The quantitative estimate of drug-likeness (QED) is 0.781. The van der Waals surface area contributed by atoms with Crippen molar-refractivity contribution in [2.24, 2.45) is 11.8 Å². The fourth-order valence-electron chi connectivity index (χ4n) is 2.10. The zero-order valence-electron chi connectivity index (χ0n) is 12.4. The lowest BCUT2D eigenvalue weighted by Gasteiger charge is -2.21. The van der Waals surface area contributed by atoms with Crippen LogP contribution in [0.25, 0.3) is 0 Å². The topological polar surface area (TPSA) is 41.0 Å². The maximum absolute atomic E-state index is 4.36. The second kappa shape index (κ2) is 6.85. The first-order valence-electron chi connectivity index (χ1n) is 7.47. The summed E-state index contributed by atoms with van der Waals surface area (Å²) in [5.74, 6) is 2.57. The SMILES string of the molecule is CCN(CC1CC1)c1ccc(CNCC(C)C)nn1. The van der Waals surface area contributed by atoms with Crippen molar-refractivity contribution in [1.82, 2.24) is 15.5 Å². The minimum absolute atomic E-state index is 0.668. The maximum atomic E-state index is 4.36. The lowest BCUT2D eigenvalue weighted by atomic mass is 10.2. The van der Waals surface area contributed by atoms with E-state index >= 15 is 0 Å². The summed E-state index contributed by atoms with van der Waals surface area (Å²) in [7, 11) is 0. The van der Waals surface area contributed by atoms with E-state index in [9.17, 15) is 0 Å². The van der Waals surface area contributed by atoms with Gasteiger partial charge in [-0.3, -0.25) is 0 Å². The zero-order valence-corrected chi connectivity index (χ0v) is 12.4. The van der Waals surface area contributed by atoms with Crippen molar-refractivity contribution in [2.75, 3.05) is 24.5 Å².